The van der Waals surface area contributed by atoms with E-state index >= 15 is 0 Å². The third-order valence-electron chi connectivity index (χ3n) is 0.372. The summed E-state index contributed by atoms with van der Waals surface area (Å²) in [6.45, 7) is 0. The molecule has 0 saturated carbocycles. The van der Waals surface area contributed by atoms with Gasteiger partial charge >= 0.3 is 0 Å². The standard InChI is InChI=1S/C4H9N3/c1-7(2)4-6-3-5/h3-5H,1-2H3. The third-order valence-corrected chi connectivity index (χ3v) is 0.372. The summed E-state index contributed by atoms with van der Waals surface area (Å²) in [4.78, 5) is 5.28. The lowest BCUT2D eigenvalue weighted by Gasteiger charge is -1.98. The first-order valence-corrected chi connectivity index (χ1v) is 1.96. The Bertz CT molecular complexity index is 75.0. The van der Waals surface area contributed by atoms with Crippen molar-refractivity contribution in [2.24, 2.45) is 4.99 Å². The van der Waals surface area contributed by atoms with Gasteiger partial charge in [-0.2, -0.15) is 0 Å². The van der Waals surface area contributed by atoms with Crippen LogP contribution in [0.2, 0.25) is 0 Å². The van der Waals surface area contributed by atoms with E-state index < -0.39 is 0 Å². The Hall–Kier alpha value is -0.860. The summed E-state index contributed by atoms with van der Waals surface area (Å²) in [7, 11) is 3.71. The van der Waals surface area contributed by atoms with E-state index in [2.05, 4.69) is 4.99 Å². The van der Waals surface area contributed by atoms with Gasteiger partial charge in [0, 0.05) is 14.1 Å². The molecule has 0 fully saturated rings. The van der Waals surface area contributed by atoms with Crippen LogP contribution in [0.15, 0.2) is 4.99 Å². The summed E-state index contributed by atoms with van der Waals surface area (Å²) >= 11 is 0. The van der Waals surface area contributed by atoms with Crippen LogP contribution in [0.25, 0.3) is 0 Å². The van der Waals surface area contributed by atoms with Gasteiger partial charge in [-0.1, -0.05) is 0 Å². The van der Waals surface area contributed by atoms with Gasteiger partial charge in [0.25, 0.3) is 0 Å². The first kappa shape index (κ1) is 6.14. The van der Waals surface area contributed by atoms with Crippen LogP contribution in [0.1, 0.15) is 0 Å². The molecule has 0 aromatic carbocycles. The van der Waals surface area contributed by atoms with E-state index in [9.17, 15) is 0 Å². The van der Waals surface area contributed by atoms with E-state index in [1.807, 2.05) is 14.1 Å². The van der Waals surface area contributed by atoms with Crippen LogP contribution >= 0.6 is 0 Å². The van der Waals surface area contributed by atoms with Crippen molar-refractivity contribution >= 4 is 12.7 Å². The minimum absolute atomic E-state index is 1.00. The molecule has 3 heteroatoms. The van der Waals surface area contributed by atoms with Crippen molar-refractivity contribution in [1.29, 1.82) is 5.41 Å². The van der Waals surface area contributed by atoms with Gasteiger partial charge in [-0.3, -0.25) is 5.41 Å². The van der Waals surface area contributed by atoms with Crippen molar-refractivity contribution in [3.63, 3.8) is 0 Å². The number of rotatable bonds is 2. The lowest BCUT2D eigenvalue weighted by atomic mass is 10.9. The zero-order valence-electron chi connectivity index (χ0n) is 4.55. The predicted molar refractivity (Wildman–Crippen MR) is 31.0 cm³/mol. The second-order valence-corrected chi connectivity index (χ2v) is 1.36. The SMILES string of the molecule is CN(C)C=NC=N. The molecule has 0 amide bonds. The van der Waals surface area contributed by atoms with Crippen molar-refractivity contribution in [2.75, 3.05) is 14.1 Å². The molecule has 0 atom stereocenters. The molecule has 0 aliphatic carbocycles. The van der Waals surface area contributed by atoms with Gasteiger partial charge < -0.3 is 4.90 Å². The molecule has 0 bridgehead atoms. The molecule has 0 unspecified atom stereocenters. The summed E-state index contributed by atoms with van der Waals surface area (Å²) < 4.78 is 0. The smallest absolute Gasteiger partial charge is 0.108 e. The lowest BCUT2D eigenvalue weighted by Crippen LogP contribution is -2.07. The first-order valence-electron chi connectivity index (χ1n) is 1.96. The Balaban J connectivity index is 3.25. The molecule has 1 N–H and O–H groups in total. The molecule has 7 heavy (non-hydrogen) atoms. The zero-order chi connectivity index (χ0) is 5.70. The summed E-state index contributed by atoms with van der Waals surface area (Å²) in [6.07, 6.45) is 2.56. The van der Waals surface area contributed by atoms with Crippen LogP contribution in [0.5, 0.6) is 0 Å². The molecule has 0 aromatic rings. The van der Waals surface area contributed by atoms with Crippen molar-refractivity contribution in [1.82, 2.24) is 4.90 Å². The number of aliphatic imine (C=N–C) groups is 1. The number of hydrogen-bond acceptors (Lipinski definition) is 1. The van der Waals surface area contributed by atoms with Gasteiger partial charge in [-0.05, 0) is 0 Å². The largest absolute Gasteiger partial charge is 0.369 e. The summed E-state index contributed by atoms with van der Waals surface area (Å²) in [5.41, 5.74) is 0. The average molecular weight is 99.1 g/mol. The van der Waals surface area contributed by atoms with Gasteiger partial charge in [0.2, 0.25) is 0 Å². The summed E-state index contributed by atoms with van der Waals surface area (Å²) in [5, 5.41) is 6.45. The molecule has 0 saturated heterocycles. The van der Waals surface area contributed by atoms with E-state index in [0.29, 0.717) is 0 Å². The maximum atomic E-state index is 6.45. The number of nitrogens with one attached hydrogen (secondary N) is 1. The quantitative estimate of drug-likeness (QED) is 0.389. The maximum Gasteiger partial charge on any atom is 0.108 e. The minimum Gasteiger partial charge on any atom is -0.369 e. The zero-order valence-corrected chi connectivity index (χ0v) is 4.55. The molecular formula is C4H9N3. The Morgan fingerprint density at radius 2 is 2.14 bits per heavy atom. The Labute approximate surface area is 43.2 Å². The highest BCUT2D eigenvalue weighted by Gasteiger charge is 1.69. The molecule has 0 rings (SSSR count). The fraction of sp³-hybridized carbons (Fsp3) is 0.500. The predicted octanol–water partition coefficient (Wildman–Crippen LogP) is 0.183. The highest BCUT2D eigenvalue weighted by molar-refractivity contribution is 5.68. The number of hydrogen-bond donors (Lipinski definition) is 1. The van der Waals surface area contributed by atoms with Crippen LogP contribution in [0.3, 0.4) is 0 Å². The van der Waals surface area contributed by atoms with Crippen LogP contribution in [0.4, 0.5) is 0 Å². The molecule has 0 radical (unpaired) electrons. The monoisotopic (exact) mass is 99.1 g/mol. The van der Waals surface area contributed by atoms with Crippen LogP contribution < -0.4 is 0 Å². The van der Waals surface area contributed by atoms with Gasteiger partial charge in [0.1, 0.15) is 6.34 Å². The first-order chi connectivity index (χ1) is 3.27. The Kier molecular flexibility index (Phi) is 2.92. The van der Waals surface area contributed by atoms with Crippen LogP contribution in [0, 0.1) is 5.41 Å². The minimum atomic E-state index is 1.00. The summed E-state index contributed by atoms with van der Waals surface area (Å²) in [6, 6.07) is 0. The van der Waals surface area contributed by atoms with E-state index in [1.165, 1.54) is 0 Å². The van der Waals surface area contributed by atoms with Crippen molar-refractivity contribution in [2.45, 2.75) is 0 Å². The highest BCUT2D eigenvalue weighted by Crippen LogP contribution is 1.60. The van der Waals surface area contributed by atoms with E-state index in [0.717, 1.165) is 6.34 Å². The van der Waals surface area contributed by atoms with Crippen LogP contribution in [-0.2, 0) is 0 Å². The molecule has 0 spiro atoms. The lowest BCUT2D eigenvalue weighted by molar-refractivity contribution is 0.644. The Morgan fingerprint density at radius 1 is 1.57 bits per heavy atom. The molecule has 0 aliphatic heterocycles. The second-order valence-electron chi connectivity index (χ2n) is 1.36. The van der Waals surface area contributed by atoms with Gasteiger partial charge in [-0.25, -0.2) is 4.99 Å². The van der Waals surface area contributed by atoms with Crippen molar-refractivity contribution in [3.05, 3.63) is 0 Å². The molecule has 0 aromatic heterocycles. The van der Waals surface area contributed by atoms with Gasteiger partial charge in [0.05, 0.1) is 6.34 Å². The van der Waals surface area contributed by atoms with Gasteiger partial charge in [0.15, 0.2) is 0 Å². The normalized spacial score (nSPS) is 9.43. The van der Waals surface area contributed by atoms with E-state index in [-0.39, 0.29) is 0 Å². The summed E-state index contributed by atoms with van der Waals surface area (Å²) in [5.74, 6) is 0. The average Bonchev–Trinajstić information content (AvgIpc) is 1.61. The van der Waals surface area contributed by atoms with Crippen molar-refractivity contribution in [3.8, 4) is 0 Å². The number of nitrogens with zero attached hydrogens (tertiary/aromatic N) is 2. The molecule has 0 aliphatic rings. The molecule has 0 heterocycles. The fourth-order valence-electron chi connectivity index (χ4n) is 0.167. The maximum absolute atomic E-state index is 6.45. The van der Waals surface area contributed by atoms with E-state index in [1.54, 1.807) is 11.2 Å². The second kappa shape index (κ2) is 3.33. The highest BCUT2D eigenvalue weighted by atomic mass is 15.1. The van der Waals surface area contributed by atoms with Gasteiger partial charge in [-0.15, -0.1) is 0 Å². The van der Waals surface area contributed by atoms with E-state index in [4.69, 9.17) is 5.41 Å². The molecule has 40 valence electrons. The van der Waals surface area contributed by atoms with Crippen LogP contribution in [-0.4, -0.2) is 31.7 Å². The Morgan fingerprint density at radius 3 is 2.29 bits per heavy atom. The fourth-order valence-corrected chi connectivity index (χ4v) is 0.167. The third kappa shape index (κ3) is 5.14. The molecule has 3 nitrogen and oxygen atoms in total. The topological polar surface area (TPSA) is 39.5 Å². The molecular weight excluding hydrogens is 90.1 g/mol. The van der Waals surface area contributed by atoms with Crippen molar-refractivity contribution < 1.29 is 0 Å².